The summed E-state index contributed by atoms with van der Waals surface area (Å²) in [6.45, 7) is 7.51. The Morgan fingerprint density at radius 2 is 1.95 bits per heavy atom. The number of hydrogen-bond donors (Lipinski definition) is 2. The topological polar surface area (TPSA) is 38.0 Å². The monoisotopic (exact) mass is 260 g/mol. The summed E-state index contributed by atoms with van der Waals surface area (Å²) >= 11 is 0. The van der Waals surface area contributed by atoms with Gasteiger partial charge in [-0.05, 0) is 43.7 Å². The van der Waals surface area contributed by atoms with Crippen molar-refractivity contribution >= 4 is 5.69 Å². The molecule has 1 saturated carbocycles. The lowest BCUT2D eigenvalue weighted by Gasteiger charge is -2.47. The SMILES string of the molecule is Cc1ccc(NC2(CN)CCCCC2C(C)C)cc1. The highest BCUT2D eigenvalue weighted by molar-refractivity contribution is 5.47. The van der Waals surface area contributed by atoms with Crippen molar-refractivity contribution in [2.24, 2.45) is 17.6 Å². The van der Waals surface area contributed by atoms with Crippen LogP contribution < -0.4 is 11.1 Å². The zero-order chi connectivity index (χ0) is 13.9. The standard InChI is InChI=1S/C17H28N2/c1-13(2)16-6-4-5-11-17(16,12-18)19-15-9-7-14(3)8-10-15/h7-10,13,16,19H,4-6,11-12,18H2,1-3H3. The second kappa shape index (κ2) is 5.96. The number of anilines is 1. The Morgan fingerprint density at radius 1 is 1.26 bits per heavy atom. The fraction of sp³-hybridized carbons (Fsp3) is 0.647. The summed E-state index contributed by atoms with van der Waals surface area (Å²) in [4.78, 5) is 0. The molecular formula is C17H28N2. The van der Waals surface area contributed by atoms with Crippen molar-refractivity contribution in [3.05, 3.63) is 29.8 Å². The number of aryl methyl sites for hydroxylation is 1. The third-order valence-corrected chi connectivity index (χ3v) is 4.71. The van der Waals surface area contributed by atoms with Crippen LogP contribution in [0.3, 0.4) is 0 Å². The van der Waals surface area contributed by atoms with E-state index in [4.69, 9.17) is 5.73 Å². The maximum absolute atomic E-state index is 6.18. The van der Waals surface area contributed by atoms with Crippen LogP contribution in [0.25, 0.3) is 0 Å². The van der Waals surface area contributed by atoms with E-state index < -0.39 is 0 Å². The summed E-state index contributed by atoms with van der Waals surface area (Å²) in [5.74, 6) is 1.36. The number of nitrogens with one attached hydrogen (secondary N) is 1. The van der Waals surface area contributed by atoms with Crippen LogP contribution in [-0.2, 0) is 0 Å². The summed E-state index contributed by atoms with van der Waals surface area (Å²) in [6.07, 6.45) is 5.13. The van der Waals surface area contributed by atoms with Gasteiger partial charge in [-0.25, -0.2) is 0 Å². The minimum absolute atomic E-state index is 0.0850. The Morgan fingerprint density at radius 3 is 2.53 bits per heavy atom. The Labute approximate surface area is 117 Å². The summed E-state index contributed by atoms with van der Waals surface area (Å²) in [7, 11) is 0. The number of nitrogens with two attached hydrogens (primary N) is 1. The lowest BCUT2D eigenvalue weighted by atomic mass is 9.67. The molecule has 2 nitrogen and oxygen atoms in total. The van der Waals surface area contributed by atoms with Crippen molar-refractivity contribution in [1.29, 1.82) is 0 Å². The second-order valence-electron chi connectivity index (χ2n) is 6.45. The number of hydrogen-bond acceptors (Lipinski definition) is 2. The largest absolute Gasteiger partial charge is 0.378 e. The van der Waals surface area contributed by atoms with Crippen molar-refractivity contribution in [3.8, 4) is 0 Å². The molecule has 1 aromatic rings. The maximum atomic E-state index is 6.18. The van der Waals surface area contributed by atoms with Gasteiger partial charge in [0.2, 0.25) is 0 Å². The van der Waals surface area contributed by atoms with Crippen LogP contribution in [0.2, 0.25) is 0 Å². The fourth-order valence-corrected chi connectivity index (χ4v) is 3.62. The van der Waals surface area contributed by atoms with E-state index in [1.54, 1.807) is 0 Å². The van der Waals surface area contributed by atoms with Crippen LogP contribution in [0.1, 0.15) is 45.1 Å². The van der Waals surface area contributed by atoms with Crippen molar-refractivity contribution in [2.45, 2.75) is 52.0 Å². The molecule has 0 bridgehead atoms. The Hall–Kier alpha value is -1.02. The van der Waals surface area contributed by atoms with Crippen molar-refractivity contribution in [2.75, 3.05) is 11.9 Å². The Bertz CT molecular complexity index is 396. The van der Waals surface area contributed by atoms with E-state index in [-0.39, 0.29) is 5.54 Å². The molecule has 0 spiro atoms. The van der Waals surface area contributed by atoms with Gasteiger partial charge in [0.25, 0.3) is 0 Å². The quantitative estimate of drug-likeness (QED) is 0.860. The third kappa shape index (κ3) is 3.11. The molecule has 2 heteroatoms. The van der Waals surface area contributed by atoms with E-state index in [1.165, 1.54) is 36.9 Å². The van der Waals surface area contributed by atoms with Gasteiger partial charge in [-0.15, -0.1) is 0 Å². The van der Waals surface area contributed by atoms with Gasteiger partial charge in [0.1, 0.15) is 0 Å². The molecule has 1 aliphatic carbocycles. The molecule has 0 radical (unpaired) electrons. The molecule has 0 aliphatic heterocycles. The molecule has 0 aromatic heterocycles. The number of benzene rings is 1. The molecule has 2 unspecified atom stereocenters. The Balaban J connectivity index is 2.22. The van der Waals surface area contributed by atoms with Gasteiger partial charge >= 0.3 is 0 Å². The molecule has 0 heterocycles. The summed E-state index contributed by atoms with van der Waals surface area (Å²) in [6, 6.07) is 8.69. The summed E-state index contributed by atoms with van der Waals surface area (Å²) < 4.78 is 0. The van der Waals surface area contributed by atoms with E-state index >= 15 is 0 Å². The van der Waals surface area contributed by atoms with E-state index in [2.05, 4.69) is 50.4 Å². The molecule has 19 heavy (non-hydrogen) atoms. The molecular weight excluding hydrogens is 232 g/mol. The average Bonchev–Trinajstić information content (AvgIpc) is 2.41. The fourth-order valence-electron chi connectivity index (χ4n) is 3.62. The molecule has 1 aliphatic rings. The van der Waals surface area contributed by atoms with E-state index in [1.807, 2.05) is 0 Å². The van der Waals surface area contributed by atoms with E-state index in [0.717, 1.165) is 6.54 Å². The van der Waals surface area contributed by atoms with Gasteiger partial charge in [-0.2, -0.15) is 0 Å². The van der Waals surface area contributed by atoms with Crippen LogP contribution in [0, 0.1) is 18.8 Å². The zero-order valence-electron chi connectivity index (χ0n) is 12.6. The van der Waals surface area contributed by atoms with Gasteiger partial charge in [-0.3, -0.25) is 0 Å². The van der Waals surface area contributed by atoms with E-state index in [0.29, 0.717) is 11.8 Å². The first-order valence-corrected chi connectivity index (χ1v) is 7.62. The molecule has 106 valence electrons. The molecule has 2 atom stereocenters. The van der Waals surface area contributed by atoms with Crippen molar-refractivity contribution in [3.63, 3.8) is 0 Å². The van der Waals surface area contributed by atoms with Crippen LogP contribution >= 0.6 is 0 Å². The molecule has 1 aromatic carbocycles. The normalized spacial score (nSPS) is 27.5. The van der Waals surface area contributed by atoms with Gasteiger partial charge in [0, 0.05) is 12.2 Å². The Kier molecular flexibility index (Phi) is 4.51. The van der Waals surface area contributed by atoms with Gasteiger partial charge in [0.15, 0.2) is 0 Å². The highest BCUT2D eigenvalue weighted by Gasteiger charge is 2.40. The van der Waals surface area contributed by atoms with Crippen LogP contribution in [-0.4, -0.2) is 12.1 Å². The predicted molar refractivity (Wildman–Crippen MR) is 83.4 cm³/mol. The first-order chi connectivity index (χ1) is 9.07. The highest BCUT2D eigenvalue weighted by Crippen LogP contribution is 2.40. The smallest absolute Gasteiger partial charge is 0.0526 e. The van der Waals surface area contributed by atoms with Crippen LogP contribution in [0.5, 0.6) is 0 Å². The summed E-state index contributed by atoms with van der Waals surface area (Å²) in [5.41, 5.74) is 8.78. The first kappa shape index (κ1) is 14.4. The predicted octanol–water partition coefficient (Wildman–Crippen LogP) is 3.95. The molecule has 1 fully saturated rings. The summed E-state index contributed by atoms with van der Waals surface area (Å²) in [5, 5.41) is 3.78. The molecule has 0 saturated heterocycles. The van der Waals surface area contributed by atoms with E-state index in [9.17, 15) is 0 Å². The third-order valence-electron chi connectivity index (χ3n) is 4.71. The van der Waals surface area contributed by atoms with Crippen LogP contribution in [0.15, 0.2) is 24.3 Å². The average molecular weight is 260 g/mol. The maximum Gasteiger partial charge on any atom is 0.0526 e. The van der Waals surface area contributed by atoms with Gasteiger partial charge in [-0.1, -0.05) is 44.4 Å². The minimum atomic E-state index is 0.0850. The van der Waals surface area contributed by atoms with Gasteiger partial charge in [0.05, 0.1) is 5.54 Å². The number of rotatable bonds is 4. The van der Waals surface area contributed by atoms with Gasteiger partial charge < -0.3 is 11.1 Å². The zero-order valence-corrected chi connectivity index (χ0v) is 12.6. The molecule has 2 rings (SSSR count). The molecule has 0 amide bonds. The highest BCUT2D eigenvalue weighted by atomic mass is 15.0. The van der Waals surface area contributed by atoms with Crippen molar-refractivity contribution in [1.82, 2.24) is 0 Å². The minimum Gasteiger partial charge on any atom is -0.378 e. The molecule has 3 N–H and O–H groups in total. The van der Waals surface area contributed by atoms with Crippen LogP contribution in [0.4, 0.5) is 5.69 Å². The lowest BCUT2D eigenvalue weighted by molar-refractivity contribution is 0.166. The van der Waals surface area contributed by atoms with Crippen molar-refractivity contribution < 1.29 is 0 Å². The second-order valence-corrected chi connectivity index (χ2v) is 6.45. The first-order valence-electron chi connectivity index (χ1n) is 7.62. The lowest BCUT2D eigenvalue weighted by Crippen LogP contribution is -2.55.